The maximum absolute atomic E-state index is 5.87. The second-order valence-electron chi connectivity index (χ2n) is 4.50. The number of rotatable bonds is 6. The molecule has 0 unspecified atom stereocenters. The molecule has 2 rings (SSSR count). The number of hydrogen-bond acceptors (Lipinski definition) is 3. The van der Waals surface area contributed by atoms with Gasteiger partial charge in [0.2, 0.25) is 0 Å². The van der Waals surface area contributed by atoms with Gasteiger partial charge in [-0.25, -0.2) is 0 Å². The van der Waals surface area contributed by atoms with Crippen molar-refractivity contribution >= 4 is 16.6 Å². The molecule has 0 saturated carbocycles. The molecular weight excluding hydrogens is 224 g/mol. The standard InChI is InChI=1S/C15H20N2O/c1-2-3-4-5-9-18-14-11-13(16)10-12-7-6-8-17-15(12)14/h6-8,10-11H,2-5,9,16H2,1H3. The van der Waals surface area contributed by atoms with Gasteiger partial charge < -0.3 is 10.5 Å². The summed E-state index contributed by atoms with van der Waals surface area (Å²) in [7, 11) is 0. The first kappa shape index (κ1) is 12.7. The third-order valence-corrected chi connectivity index (χ3v) is 2.95. The van der Waals surface area contributed by atoms with E-state index in [2.05, 4.69) is 11.9 Å². The predicted octanol–water partition coefficient (Wildman–Crippen LogP) is 3.78. The zero-order valence-corrected chi connectivity index (χ0v) is 10.9. The summed E-state index contributed by atoms with van der Waals surface area (Å²) in [6, 6.07) is 7.69. The number of benzene rings is 1. The average molecular weight is 244 g/mol. The van der Waals surface area contributed by atoms with E-state index in [1.807, 2.05) is 24.3 Å². The Bertz CT molecular complexity index is 511. The lowest BCUT2D eigenvalue weighted by Gasteiger charge is -2.09. The summed E-state index contributed by atoms with van der Waals surface area (Å²) in [5, 5.41) is 1.03. The number of nitrogen functional groups attached to an aromatic ring is 1. The van der Waals surface area contributed by atoms with Crippen molar-refractivity contribution in [3.05, 3.63) is 30.5 Å². The number of aromatic nitrogens is 1. The number of fused-ring (bicyclic) bond motifs is 1. The van der Waals surface area contributed by atoms with Crippen LogP contribution in [0.5, 0.6) is 5.75 Å². The quantitative estimate of drug-likeness (QED) is 0.621. The van der Waals surface area contributed by atoms with Gasteiger partial charge in [0.1, 0.15) is 11.3 Å². The normalized spacial score (nSPS) is 10.7. The van der Waals surface area contributed by atoms with E-state index in [-0.39, 0.29) is 0 Å². The molecule has 0 saturated heterocycles. The molecule has 18 heavy (non-hydrogen) atoms. The monoisotopic (exact) mass is 244 g/mol. The van der Waals surface area contributed by atoms with Gasteiger partial charge in [-0.15, -0.1) is 0 Å². The highest BCUT2D eigenvalue weighted by molar-refractivity contribution is 5.87. The van der Waals surface area contributed by atoms with Gasteiger partial charge in [0.15, 0.2) is 0 Å². The third-order valence-electron chi connectivity index (χ3n) is 2.95. The van der Waals surface area contributed by atoms with Crippen molar-refractivity contribution in [1.29, 1.82) is 0 Å². The molecule has 0 spiro atoms. The average Bonchev–Trinajstić information content (AvgIpc) is 2.38. The van der Waals surface area contributed by atoms with Crippen LogP contribution in [-0.2, 0) is 0 Å². The zero-order valence-electron chi connectivity index (χ0n) is 10.9. The minimum absolute atomic E-state index is 0.721. The maximum atomic E-state index is 5.87. The molecule has 0 atom stereocenters. The summed E-state index contributed by atoms with van der Waals surface area (Å²) in [6.07, 6.45) is 6.58. The molecule has 0 aliphatic carbocycles. The van der Waals surface area contributed by atoms with Crippen molar-refractivity contribution in [2.24, 2.45) is 0 Å². The minimum Gasteiger partial charge on any atom is -0.491 e. The van der Waals surface area contributed by atoms with Gasteiger partial charge in [0.25, 0.3) is 0 Å². The van der Waals surface area contributed by atoms with Crippen LogP contribution in [0, 0.1) is 0 Å². The van der Waals surface area contributed by atoms with Crippen molar-refractivity contribution in [3.8, 4) is 5.75 Å². The van der Waals surface area contributed by atoms with Gasteiger partial charge in [0.05, 0.1) is 6.61 Å². The summed E-state index contributed by atoms with van der Waals surface area (Å²) < 4.78 is 5.80. The van der Waals surface area contributed by atoms with Crippen LogP contribution in [0.25, 0.3) is 10.9 Å². The van der Waals surface area contributed by atoms with Crippen LogP contribution in [0.1, 0.15) is 32.6 Å². The molecule has 2 aromatic rings. The molecule has 0 aliphatic heterocycles. The Labute approximate surface area is 108 Å². The Hall–Kier alpha value is -1.77. The molecule has 0 amide bonds. The number of ether oxygens (including phenoxy) is 1. The SMILES string of the molecule is CCCCCCOc1cc(N)cc2cccnc12. The number of nitrogens with zero attached hydrogens (tertiary/aromatic N) is 1. The molecule has 1 aromatic carbocycles. The first-order valence-electron chi connectivity index (χ1n) is 6.58. The fourth-order valence-electron chi connectivity index (χ4n) is 2.00. The van der Waals surface area contributed by atoms with E-state index in [4.69, 9.17) is 10.5 Å². The number of hydrogen-bond donors (Lipinski definition) is 1. The van der Waals surface area contributed by atoms with Gasteiger partial charge in [-0.05, 0) is 18.6 Å². The van der Waals surface area contributed by atoms with E-state index >= 15 is 0 Å². The Morgan fingerprint density at radius 3 is 2.94 bits per heavy atom. The number of nitrogens with two attached hydrogens (primary N) is 1. The van der Waals surface area contributed by atoms with Crippen molar-refractivity contribution in [2.45, 2.75) is 32.6 Å². The largest absolute Gasteiger partial charge is 0.491 e. The highest BCUT2D eigenvalue weighted by Gasteiger charge is 2.04. The van der Waals surface area contributed by atoms with Gasteiger partial charge in [-0.3, -0.25) is 4.98 Å². The fourth-order valence-corrected chi connectivity index (χ4v) is 2.00. The van der Waals surface area contributed by atoms with E-state index < -0.39 is 0 Å². The Morgan fingerprint density at radius 2 is 2.11 bits per heavy atom. The molecule has 96 valence electrons. The molecular formula is C15H20N2O. The van der Waals surface area contributed by atoms with Crippen molar-refractivity contribution < 1.29 is 4.74 Å². The number of anilines is 1. The summed E-state index contributed by atoms with van der Waals surface area (Å²) in [4.78, 5) is 4.36. The summed E-state index contributed by atoms with van der Waals surface area (Å²) in [6.45, 7) is 2.94. The van der Waals surface area contributed by atoms with Crippen LogP contribution < -0.4 is 10.5 Å². The fraction of sp³-hybridized carbons (Fsp3) is 0.400. The zero-order chi connectivity index (χ0) is 12.8. The van der Waals surface area contributed by atoms with Gasteiger partial charge in [0, 0.05) is 23.3 Å². The van der Waals surface area contributed by atoms with E-state index in [1.165, 1.54) is 19.3 Å². The van der Waals surface area contributed by atoms with Crippen molar-refractivity contribution in [1.82, 2.24) is 4.98 Å². The molecule has 1 aromatic heterocycles. The van der Waals surface area contributed by atoms with E-state index in [9.17, 15) is 0 Å². The van der Waals surface area contributed by atoms with E-state index in [0.717, 1.165) is 35.4 Å². The van der Waals surface area contributed by atoms with Crippen LogP contribution in [0.2, 0.25) is 0 Å². The van der Waals surface area contributed by atoms with Crippen LogP contribution >= 0.6 is 0 Å². The highest BCUT2D eigenvalue weighted by atomic mass is 16.5. The molecule has 1 heterocycles. The number of unbranched alkanes of at least 4 members (excludes halogenated alkanes) is 3. The molecule has 0 bridgehead atoms. The summed E-state index contributed by atoms with van der Waals surface area (Å²) in [5.41, 5.74) is 7.48. The molecule has 0 fully saturated rings. The molecule has 0 aliphatic rings. The van der Waals surface area contributed by atoms with Crippen LogP contribution in [-0.4, -0.2) is 11.6 Å². The first-order chi connectivity index (χ1) is 8.81. The topological polar surface area (TPSA) is 48.1 Å². The third kappa shape index (κ3) is 3.13. The van der Waals surface area contributed by atoms with Gasteiger partial charge in [-0.1, -0.05) is 32.3 Å². The van der Waals surface area contributed by atoms with Crippen LogP contribution in [0.3, 0.4) is 0 Å². The minimum atomic E-state index is 0.721. The van der Waals surface area contributed by atoms with E-state index in [0.29, 0.717) is 0 Å². The van der Waals surface area contributed by atoms with Crippen molar-refractivity contribution in [3.63, 3.8) is 0 Å². The van der Waals surface area contributed by atoms with Gasteiger partial charge in [-0.2, -0.15) is 0 Å². The Balaban J connectivity index is 2.07. The van der Waals surface area contributed by atoms with Gasteiger partial charge >= 0.3 is 0 Å². The lowest BCUT2D eigenvalue weighted by atomic mass is 10.2. The maximum Gasteiger partial charge on any atom is 0.147 e. The molecule has 2 N–H and O–H groups in total. The highest BCUT2D eigenvalue weighted by Crippen LogP contribution is 2.27. The van der Waals surface area contributed by atoms with Crippen LogP contribution in [0.15, 0.2) is 30.5 Å². The second kappa shape index (κ2) is 6.24. The molecule has 3 heteroatoms. The molecule has 0 radical (unpaired) electrons. The van der Waals surface area contributed by atoms with Crippen LogP contribution in [0.4, 0.5) is 5.69 Å². The number of pyridine rings is 1. The lowest BCUT2D eigenvalue weighted by Crippen LogP contribution is -1.99. The first-order valence-corrected chi connectivity index (χ1v) is 6.58. The Morgan fingerprint density at radius 1 is 1.22 bits per heavy atom. The van der Waals surface area contributed by atoms with Crippen molar-refractivity contribution in [2.75, 3.05) is 12.3 Å². The second-order valence-corrected chi connectivity index (χ2v) is 4.50. The summed E-state index contributed by atoms with van der Waals surface area (Å²) >= 11 is 0. The molecule has 3 nitrogen and oxygen atoms in total. The Kier molecular flexibility index (Phi) is 4.40. The smallest absolute Gasteiger partial charge is 0.147 e. The summed E-state index contributed by atoms with van der Waals surface area (Å²) in [5.74, 6) is 0.794. The predicted molar refractivity (Wildman–Crippen MR) is 75.8 cm³/mol. The van der Waals surface area contributed by atoms with E-state index in [1.54, 1.807) is 6.20 Å². The lowest BCUT2D eigenvalue weighted by molar-refractivity contribution is 0.308.